The molecule has 438 valence electrons. The summed E-state index contributed by atoms with van der Waals surface area (Å²) in [7, 11) is 0. The predicted molar refractivity (Wildman–Crippen MR) is 338 cm³/mol. The van der Waals surface area contributed by atoms with Gasteiger partial charge in [-0.05, 0) is 63.4 Å². The van der Waals surface area contributed by atoms with E-state index in [9.17, 15) is 0 Å². The molecule has 1 aromatic rings. The molecule has 1 heteroatoms. The average molecular weight is 1030 g/mol. The SMILES string of the molecule is CCCCCCCCCCCCCCCCCCc1c(CCCCCCCCCC)c(CCCCCCCCCC)c(CCCCCCCCCC)c(CCCCCCCCCC)[n+]1CCCCCCCCCC. The zero-order valence-corrected chi connectivity index (χ0v) is 52.8. The third kappa shape index (κ3) is 42.1. The Kier molecular flexibility index (Phi) is 56.1. The summed E-state index contributed by atoms with van der Waals surface area (Å²) in [5, 5.41) is 0. The Labute approximate surface area is 470 Å². The van der Waals surface area contributed by atoms with Gasteiger partial charge in [0.2, 0.25) is 0 Å². The quantitative estimate of drug-likeness (QED) is 0.0452. The second kappa shape index (κ2) is 58.3. The summed E-state index contributed by atoms with van der Waals surface area (Å²) in [6, 6.07) is 0. The van der Waals surface area contributed by atoms with Gasteiger partial charge in [-0.1, -0.05) is 356 Å². The Morgan fingerprint density at radius 1 is 0.162 bits per heavy atom. The van der Waals surface area contributed by atoms with Gasteiger partial charge in [0.25, 0.3) is 0 Å². The fourth-order valence-corrected chi connectivity index (χ4v) is 12.7. The number of hydrogen-bond donors (Lipinski definition) is 0. The van der Waals surface area contributed by atoms with E-state index in [1.165, 1.54) is 398 Å². The van der Waals surface area contributed by atoms with E-state index in [1.54, 1.807) is 0 Å². The monoisotopic (exact) mass is 1030 g/mol. The van der Waals surface area contributed by atoms with Crippen LogP contribution in [0.15, 0.2) is 0 Å². The molecule has 0 aliphatic carbocycles. The highest BCUT2D eigenvalue weighted by atomic mass is 15.0. The smallest absolute Gasteiger partial charge is 0.185 e. The maximum atomic E-state index is 3.14. The van der Waals surface area contributed by atoms with Crippen molar-refractivity contribution in [2.24, 2.45) is 0 Å². The molecule has 0 bridgehead atoms. The minimum Gasteiger partial charge on any atom is -0.199 e. The molecule has 0 N–H and O–H groups in total. The van der Waals surface area contributed by atoms with Gasteiger partial charge >= 0.3 is 0 Å². The van der Waals surface area contributed by atoms with Crippen LogP contribution in [-0.2, 0) is 38.6 Å². The predicted octanol–water partition coefficient (Wildman–Crippen LogP) is 25.7. The summed E-state index contributed by atoms with van der Waals surface area (Å²) in [6.45, 7) is 15.5. The summed E-state index contributed by atoms with van der Waals surface area (Å²) < 4.78 is 3.14. The highest BCUT2D eigenvalue weighted by Gasteiger charge is 2.29. The molecule has 0 fully saturated rings. The topological polar surface area (TPSA) is 3.88 Å². The van der Waals surface area contributed by atoms with Crippen LogP contribution in [0, 0.1) is 0 Å². The molecule has 0 saturated heterocycles. The minimum absolute atomic E-state index is 1.29. The Morgan fingerprint density at radius 3 is 0.541 bits per heavy atom. The van der Waals surface area contributed by atoms with Crippen molar-refractivity contribution < 1.29 is 4.57 Å². The van der Waals surface area contributed by atoms with Crippen LogP contribution in [0.2, 0.25) is 0 Å². The third-order valence-electron chi connectivity index (χ3n) is 17.7. The molecule has 0 atom stereocenters. The standard InChI is InChI=1S/C73H142N/c1-7-13-19-25-31-37-38-39-40-41-42-43-44-49-55-61-67-73-71(65-59-53-47-34-28-22-16-10-4)69(63-57-51-45-32-26-20-14-8-2)70(64-58-52-46-33-27-21-15-9-3)72(66-60-54-48-35-29-23-17-11-5)74(73)68-62-56-50-36-30-24-18-12-6/h7-68H2,1-6H3/q+1. The van der Waals surface area contributed by atoms with Crippen LogP contribution in [0.1, 0.15) is 429 Å². The molecule has 0 spiro atoms. The van der Waals surface area contributed by atoms with Gasteiger partial charge in [0.05, 0.1) is 0 Å². The first kappa shape index (κ1) is 71.2. The highest BCUT2D eigenvalue weighted by molar-refractivity contribution is 5.39. The van der Waals surface area contributed by atoms with Gasteiger partial charge in [-0.2, -0.15) is 4.57 Å². The molecule has 0 aromatic carbocycles. The summed E-state index contributed by atoms with van der Waals surface area (Å²) in [6.07, 6.45) is 87.3. The molecule has 0 unspecified atom stereocenters. The molecule has 0 saturated carbocycles. The van der Waals surface area contributed by atoms with Crippen LogP contribution in [0.5, 0.6) is 0 Å². The zero-order chi connectivity index (χ0) is 53.3. The largest absolute Gasteiger partial charge is 0.199 e. The summed E-state index contributed by atoms with van der Waals surface area (Å²) in [5.74, 6) is 0. The fourth-order valence-electron chi connectivity index (χ4n) is 12.7. The number of hydrogen-bond acceptors (Lipinski definition) is 0. The van der Waals surface area contributed by atoms with Crippen LogP contribution in [0.4, 0.5) is 0 Å². The molecule has 1 heterocycles. The lowest BCUT2D eigenvalue weighted by Crippen LogP contribution is -2.46. The highest BCUT2D eigenvalue weighted by Crippen LogP contribution is 2.30. The maximum Gasteiger partial charge on any atom is 0.185 e. The van der Waals surface area contributed by atoms with E-state index < -0.39 is 0 Å². The third-order valence-corrected chi connectivity index (χ3v) is 17.7. The van der Waals surface area contributed by atoms with E-state index in [1.807, 2.05) is 28.1 Å². The lowest BCUT2D eigenvalue weighted by Gasteiger charge is -2.23. The lowest BCUT2D eigenvalue weighted by atomic mass is 9.85. The molecule has 0 radical (unpaired) electrons. The molecule has 0 amide bonds. The number of rotatable bonds is 62. The molecule has 0 aliphatic heterocycles. The van der Waals surface area contributed by atoms with Gasteiger partial charge in [-0.15, -0.1) is 0 Å². The number of unbranched alkanes of at least 4 members (excludes halogenated alkanes) is 50. The van der Waals surface area contributed by atoms with Crippen LogP contribution in [0.3, 0.4) is 0 Å². The molecule has 74 heavy (non-hydrogen) atoms. The summed E-state index contributed by atoms with van der Waals surface area (Å²) in [5.41, 5.74) is 9.48. The average Bonchev–Trinajstić information content (AvgIpc) is 3.41. The van der Waals surface area contributed by atoms with Crippen molar-refractivity contribution in [3.05, 3.63) is 28.1 Å². The van der Waals surface area contributed by atoms with Gasteiger partial charge < -0.3 is 0 Å². The number of pyridine rings is 1. The summed E-state index contributed by atoms with van der Waals surface area (Å²) >= 11 is 0. The van der Waals surface area contributed by atoms with E-state index in [4.69, 9.17) is 0 Å². The van der Waals surface area contributed by atoms with Crippen molar-refractivity contribution in [1.29, 1.82) is 0 Å². The van der Waals surface area contributed by atoms with Crippen LogP contribution in [-0.4, -0.2) is 0 Å². The van der Waals surface area contributed by atoms with Crippen molar-refractivity contribution in [2.45, 2.75) is 440 Å². The van der Waals surface area contributed by atoms with E-state index in [2.05, 4.69) is 46.1 Å². The summed E-state index contributed by atoms with van der Waals surface area (Å²) in [4.78, 5) is 0. The van der Waals surface area contributed by atoms with Crippen molar-refractivity contribution >= 4 is 0 Å². The van der Waals surface area contributed by atoms with Gasteiger partial charge in [-0.25, -0.2) is 0 Å². The van der Waals surface area contributed by atoms with Crippen LogP contribution in [0.25, 0.3) is 0 Å². The second-order valence-corrected chi connectivity index (χ2v) is 24.9. The first-order chi connectivity index (χ1) is 36.7. The normalized spacial score (nSPS) is 11.8. The zero-order valence-electron chi connectivity index (χ0n) is 52.8. The molecular weight excluding hydrogens is 891 g/mol. The van der Waals surface area contributed by atoms with Crippen molar-refractivity contribution in [3.8, 4) is 0 Å². The van der Waals surface area contributed by atoms with Gasteiger partial charge in [0.15, 0.2) is 11.4 Å². The Hall–Kier alpha value is -0.850. The number of nitrogens with zero attached hydrogens (tertiary/aromatic N) is 1. The van der Waals surface area contributed by atoms with Crippen molar-refractivity contribution in [1.82, 2.24) is 0 Å². The van der Waals surface area contributed by atoms with Gasteiger partial charge in [-0.3, -0.25) is 0 Å². The molecule has 1 aromatic heterocycles. The molecule has 0 aliphatic rings. The molecule has 1 rings (SSSR count). The van der Waals surface area contributed by atoms with E-state index in [0.717, 1.165) is 0 Å². The lowest BCUT2D eigenvalue weighted by molar-refractivity contribution is -0.712. The first-order valence-electron chi connectivity index (χ1n) is 35.8. The Balaban J connectivity index is 3.57. The van der Waals surface area contributed by atoms with Crippen LogP contribution < -0.4 is 4.57 Å². The van der Waals surface area contributed by atoms with Crippen molar-refractivity contribution in [2.75, 3.05) is 0 Å². The second-order valence-electron chi connectivity index (χ2n) is 24.9. The Bertz CT molecular complexity index is 1180. The fraction of sp³-hybridized carbons (Fsp3) is 0.932. The minimum atomic E-state index is 1.29. The number of aromatic nitrogens is 1. The van der Waals surface area contributed by atoms with E-state index in [-0.39, 0.29) is 0 Å². The van der Waals surface area contributed by atoms with E-state index >= 15 is 0 Å². The molecular formula is C73H142N+. The Morgan fingerprint density at radius 2 is 0.324 bits per heavy atom. The maximum absolute atomic E-state index is 3.14. The molecule has 1 nitrogen and oxygen atoms in total. The first-order valence-corrected chi connectivity index (χ1v) is 35.8. The van der Waals surface area contributed by atoms with Gasteiger partial charge in [0.1, 0.15) is 6.54 Å². The van der Waals surface area contributed by atoms with Gasteiger partial charge in [0, 0.05) is 30.4 Å². The van der Waals surface area contributed by atoms with Crippen LogP contribution >= 0.6 is 0 Å². The van der Waals surface area contributed by atoms with Crippen molar-refractivity contribution in [3.63, 3.8) is 0 Å². The van der Waals surface area contributed by atoms with E-state index in [0.29, 0.717) is 0 Å².